The van der Waals surface area contributed by atoms with E-state index < -0.39 is 5.91 Å². The molecule has 4 rings (SSSR count). The van der Waals surface area contributed by atoms with Crippen LogP contribution >= 0.6 is 0 Å². The first kappa shape index (κ1) is 18.7. The van der Waals surface area contributed by atoms with Crippen LogP contribution in [0.2, 0.25) is 0 Å². The standard InChI is InChI=1S/C21H22N6O2/c22-20(29)19-21(27(25-24-19)13-15-7-2-1-3-8-15)23-18(28)14-26-12-6-10-16-9-4-5-11-17(16)26/h1-5,7-9,11H,6,10,12-14H2,(H2,22,29)(H,23,28). The van der Waals surface area contributed by atoms with E-state index in [1.54, 1.807) is 0 Å². The minimum Gasteiger partial charge on any atom is -0.364 e. The molecule has 3 aromatic rings. The Morgan fingerprint density at radius 2 is 1.83 bits per heavy atom. The Bertz CT molecular complexity index is 1030. The average Bonchev–Trinajstić information content (AvgIpc) is 3.11. The quantitative estimate of drug-likeness (QED) is 0.668. The summed E-state index contributed by atoms with van der Waals surface area (Å²) in [5.74, 6) is -0.764. The van der Waals surface area contributed by atoms with Crippen molar-refractivity contribution in [3.63, 3.8) is 0 Å². The van der Waals surface area contributed by atoms with Crippen molar-refractivity contribution in [3.05, 3.63) is 71.4 Å². The number of nitrogens with two attached hydrogens (primary N) is 1. The van der Waals surface area contributed by atoms with Gasteiger partial charge in [-0.2, -0.15) is 0 Å². The zero-order valence-electron chi connectivity index (χ0n) is 15.9. The first-order chi connectivity index (χ1) is 14.1. The molecule has 148 valence electrons. The van der Waals surface area contributed by atoms with E-state index in [1.807, 2.05) is 53.4 Å². The monoisotopic (exact) mass is 390 g/mol. The van der Waals surface area contributed by atoms with Gasteiger partial charge in [-0.25, -0.2) is 4.68 Å². The molecule has 0 saturated carbocycles. The van der Waals surface area contributed by atoms with Crippen molar-refractivity contribution in [1.82, 2.24) is 15.0 Å². The van der Waals surface area contributed by atoms with Gasteiger partial charge in [0.15, 0.2) is 11.5 Å². The molecule has 8 heteroatoms. The van der Waals surface area contributed by atoms with E-state index in [0.29, 0.717) is 6.54 Å². The first-order valence-corrected chi connectivity index (χ1v) is 9.52. The fourth-order valence-corrected chi connectivity index (χ4v) is 3.59. The molecule has 3 N–H and O–H groups in total. The van der Waals surface area contributed by atoms with Crippen molar-refractivity contribution in [2.75, 3.05) is 23.3 Å². The third-order valence-electron chi connectivity index (χ3n) is 4.94. The smallest absolute Gasteiger partial charge is 0.273 e. The number of para-hydroxylation sites is 1. The number of aryl methyl sites for hydroxylation is 1. The number of amides is 2. The van der Waals surface area contributed by atoms with Gasteiger partial charge in [-0.3, -0.25) is 9.59 Å². The predicted octanol–water partition coefficient (Wildman–Crippen LogP) is 1.82. The number of anilines is 2. The Balaban J connectivity index is 1.53. The van der Waals surface area contributed by atoms with E-state index >= 15 is 0 Å². The minimum atomic E-state index is -0.733. The molecule has 1 aromatic heterocycles. The summed E-state index contributed by atoms with van der Waals surface area (Å²) in [5, 5.41) is 10.7. The molecule has 0 bridgehead atoms. The first-order valence-electron chi connectivity index (χ1n) is 9.52. The number of nitrogens with one attached hydrogen (secondary N) is 1. The van der Waals surface area contributed by atoms with Gasteiger partial charge in [0.1, 0.15) is 0 Å². The van der Waals surface area contributed by atoms with Crippen molar-refractivity contribution < 1.29 is 9.59 Å². The molecule has 0 atom stereocenters. The number of hydrogen-bond donors (Lipinski definition) is 2. The lowest BCUT2D eigenvalue weighted by molar-refractivity contribution is -0.115. The maximum Gasteiger partial charge on any atom is 0.273 e. The summed E-state index contributed by atoms with van der Waals surface area (Å²) in [7, 11) is 0. The molecule has 0 aliphatic carbocycles. The number of primary amides is 1. The SMILES string of the molecule is NC(=O)c1nnn(Cc2ccccc2)c1NC(=O)CN1CCCc2ccccc21. The molecule has 2 aromatic carbocycles. The number of hydrogen-bond acceptors (Lipinski definition) is 5. The highest BCUT2D eigenvalue weighted by Gasteiger charge is 2.23. The number of carbonyl (C=O) groups is 2. The maximum atomic E-state index is 12.8. The molecule has 8 nitrogen and oxygen atoms in total. The number of benzene rings is 2. The van der Waals surface area contributed by atoms with E-state index in [1.165, 1.54) is 10.2 Å². The van der Waals surface area contributed by atoms with E-state index in [4.69, 9.17) is 5.73 Å². The number of rotatable bonds is 6. The lowest BCUT2D eigenvalue weighted by atomic mass is 10.0. The highest BCUT2D eigenvalue weighted by atomic mass is 16.2. The van der Waals surface area contributed by atoms with Gasteiger partial charge < -0.3 is 16.0 Å². The lowest BCUT2D eigenvalue weighted by Crippen LogP contribution is -2.37. The van der Waals surface area contributed by atoms with Crippen LogP contribution < -0.4 is 16.0 Å². The van der Waals surface area contributed by atoms with Gasteiger partial charge in [0.2, 0.25) is 5.91 Å². The van der Waals surface area contributed by atoms with Crippen LogP contribution in [0.1, 0.15) is 28.0 Å². The second-order valence-electron chi connectivity index (χ2n) is 7.00. The molecule has 0 spiro atoms. The van der Waals surface area contributed by atoms with E-state index in [9.17, 15) is 9.59 Å². The van der Waals surface area contributed by atoms with Crippen LogP contribution in [0.5, 0.6) is 0 Å². The Morgan fingerprint density at radius 3 is 2.62 bits per heavy atom. The zero-order valence-corrected chi connectivity index (χ0v) is 15.9. The summed E-state index contributed by atoms with van der Waals surface area (Å²) >= 11 is 0. The Morgan fingerprint density at radius 1 is 1.07 bits per heavy atom. The summed E-state index contributed by atoms with van der Waals surface area (Å²) in [5.41, 5.74) is 8.65. The van der Waals surface area contributed by atoms with Crippen LogP contribution in [0.15, 0.2) is 54.6 Å². The highest BCUT2D eigenvalue weighted by molar-refractivity contribution is 6.01. The predicted molar refractivity (Wildman–Crippen MR) is 110 cm³/mol. The third kappa shape index (κ3) is 4.11. The van der Waals surface area contributed by atoms with Gasteiger partial charge in [-0.15, -0.1) is 5.10 Å². The average molecular weight is 390 g/mol. The van der Waals surface area contributed by atoms with Crippen molar-refractivity contribution in [2.24, 2.45) is 5.73 Å². The van der Waals surface area contributed by atoms with Gasteiger partial charge >= 0.3 is 0 Å². The van der Waals surface area contributed by atoms with Gasteiger partial charge in [0.25, 0.3) is 5.91 Å². The van der Waals surface area contributed by atoms with Crippen LogP contribution in [0.3, 0.4) is 0 Å². The molecular formula is C21H22N6O2. The van der Waals surface area contributed by atoms with Crippen LogP contribution in [0.4, 0.5) is 11.5 Å². The van der Waals surface area contributed by atoms with Gasteiger partial charge in [-0.05, 0) is 30.0 Å². The van der Waals surface area contributed by atoms with E-state index in [2.05, 4.69) is 21.7 Å². The van der Waals surface area contributed by atoms with Gasteiger partial charge in [0, 0.05) is 12.2 Å². The molecule has 1 aliphatic heterocycles. The van der Waals surface area contributed by atoms with Gasteiger partial charge in [-0.1, -0.05) is 53.7 Å². The molecule has 0 fully saturated rings. The second kappa shape index (κ2) is 8.14. The largest absolute Gasteiger partial charge is 0.364 e. The zero-order chi connectivity index (χ0) is 20.2. The van der Waals surface area contributed by atoms with Crippen molar-refractivity contribution in [1.29, 1.82) is 0 Å². The minimum absolute atomic E-state index is 0.0478. The van der Waals surface area contributed by atoms with Crippen LogP contribution in [0.25, 0.3) is 0 Å². The molecule has 29 heavy (non-hydrogen) atoms. The molecule has 2 amide bonds. The number of carbonyl (C=O) groups excluding carboxylic acids is 2. The van der Waals surface area contributed by atoms with Gasteiger partial charge in [0.05, 0.1) is 13.1 Å². The maximum absolute atomic E-state index is 12.8. The highest BCUT2D eigenvalue weighted by Crippen LogP contribution is 2.26. The van der Waals surface area contributed by atoms with Crippen LogP contribution in [-0.2, 0) is 17.8 Å². The van der Waals surface area contributed by atoms with E-state index in [0.717, 1.165) is 30.6 Å². The normalized spacial score (nSPS) is 13.0. The third-order valence-corrected chi connectivity index (χ3v) is 4.94. The fraction of sp³-hybridized carbons (Fsp3) is 0.238. The summed E-state index contributed by atoms with van der Waals surface area (Å²) in [6, 6.07) is 17.7. The van der Waals surface area contributed by atoms with E-state index in [-0.39, 0.29) is 24.0 Å². The summed E-state index contributed by atoms with van der Waals surface area (Å²) in [6.45, 7) is 1.34. The second-order valence-corrected chi connectivity index (χ2v) is 7.00. The van der Waals surface area contributed by atoms with Crippen molar-refractivity contribution in [2.45, 2.75) is 19.4 Å². The van der Waals surface area contributed by atoms with Crippen LogP contribution in [-0.4, -0.2) is 39.9 Å². The number of aromatic nitrogens is 3. The number of nitrogens with zero attached hydrogens (tertiary/aromatic N) is 4. The number of fused-ring (bicyclic) bond motifs is 1. The summed E-state index contributed by atoms with van der Waals surface area (Å²) in [4.78, 5) is 26.6. The topological polar surface area (TPSA) is 106 Å². The lowest BCUT2D eigenvalue weighted by Gasteiger charge is -2.30. The molecule has 1 aliphatic rings. The fourth-order valence-electron chi connectivity index (χ4n) is 3.59. The Labute approximate surface area is 168 Å². The molecule has 0 radical (unpaired) electrons. The Kier molecular flexibility index (Phi) is 5.24. The van der Waals surface area contributed by atoms with Crippen LogP contribution in [0, 0.1) is 0 Å². The molecule has 0 saturated heterocycles. The summed E-state index contributed by atoms with van der Waals surface area (Å²) < 4.78 is 1.48. The van der Waals surface area contributed by atoms with Crippen molar-refractivity contribution >= 4 is 23.3 Å². The Hall–Kier alpha value is -3.68. The van der Waals surface area contributed by atoms with Crippen molar-refractivity contribution in [3.8, 4) is 0 Å². The molecule has 0 unspecified atom stereocenters. The molecular weight excluding hydrogens is 368 g/mol. The summed E-state index contributed by atoms with van der Waals surface area (Å²) in [6.07, 6.45) is 2.00. The molecule has 2 heterocycles.